The van der Waals surface area contributed by atoms with E-state index in [1.165, 1.54) is 82.0 Å². The highest BCUT2D eigenvalue weighted by Crippen LogP contribution is 2.54. The zero-order valence-corrected chi connectivity index (χ0v) is 22.8. The minimum atomic E-state index is -0.145. The van der Waals surface area contributed by atoms with E-state index in [2.05, 4.69) is 125 Å². The van der Waals surface area contributed by atoms with Crippen molar-refractivity contribution in [1.82, 2.24) is 4.98 Å². The minimum Gasteiger partial charge on any atom is -0.256 e. The average Bonchev–Trinajstić information content (AvgIpc) is 3.18. The van der Waals surface area contributed by atoms with E-state index in [9.17, 15) is 0 Å². The number of benzene rings is 6. The molecule has 7 aromatic rings. The average molecular weight is 500 g/mol. The van der Waals surface area contributed by atoms with Crippen LogP contribution in [-0.4, -0.2) is 4.98 Å². The highest BCUT2D eigenvalue weighted by molar-refractivity contribution is 6.27. The van der Waals surface area contributed by atoms with E-state index < -0.39 is 0 Å². The summed E-state index contributed by atoms with van der Waals surface area (Å²) >= 11 is 0. The van der Waals surface area contributed by atoms with Crippen LogP contribution in [0.15, 0.2) is 103 Å². The largest absolute Gasteiger partial charge is 0.256 e. The number of rotatable bonds is 1. The normalized spacial score (nSPS) is 13.8. The molecular formula is C38H29N. The van der Waals surface area contributed by atoms with Crippen molar-refractivity contribution in [2.24, 2.45) is 0 Å². The maximum absolute atomic E-state index is 4.86. The van der Waals surface area contributed by atoms with Crippen LogP contribution in [0.1, 0.15) is 36.1 Å². The molecule has 1 nitrogen and oxygen atoms in total. The summed E-state index contributed by atoms with van der Waals surface area (Å²) in [6.45, 7) is 9.13. The molecule has 0 radical (unpaired) electrons. The van der Waals surface area contributed by atoms with Crippen molar-refractivity contribution in [3.8, 4) is 22.4 Å². The van der Waals surface area contributed by atoms with Gasteiger partial charge in [-0.3, -0.25) is 4.98 Å². The van der Waals surface area contributed by atoms with Crippen LogP contribution in [0.3, 0.4) is 0 Å². The number of aromatic nitrogens is 1. The lowest BCUT2D eigenvalue weighted by molar-refractivity contribution is 0.667. The van der Waals surface area contributed by atoms with Crippen LogP contribution >= 0.6 is 0 Å². The van der Waals surface area contributed by atoms with E-state index in [0.717, 1.165) is 5.69 Å². The molecule has 0 spiro atoms. The fraction of sp³-hybridized carbons (Fsp3) is 0.132. The third kappa shape index (κ3) is 3.11. The molecule has 0 fully saturated rings. The lowest BCUT2D eigenvalue weighted by atomic mass is 9.78. The van der Waals surface area contributed by atoms with E-state index >= 15 is 0 Å². The molecule has 0 amide bonds. The SMILES string of the molecule is Cc1ccc2cnc(-c3ccc4c(c3)C(C)(C)c3c-4ccc4c5cc(C)ccc5c5ccccc5c34)cc2c1. The summed E-state index contributed by atoms with van der Waals surface area (Å²) in [4.78, 5) is 4.86. The number of hydrogen-bond donors (Lipinski definition) is 0. The molecule has 0 saturated carbocycles. The zero-order valence-electron chi connectivity index (χ0n) is 22.8. The predicted molar refractivity (Wildman–Crippen MR) is 167 cm³/mol. The van der Waals surface area contributed by atoms with Gasteiger partial charge in [-0.15, -0.1) is 0 Å². The summed E-state index contributed by atoms with van der Waals surface area (Å²) in [6, 6.07) is 36.3. The van der Waals surface area contributed by atoms with Crippen LogP contribution in [0.4, 0.5) is 0 Å². The molecule has 6 aromatic carbocycles. The molecule has 186 valence electrons. The number of fused-ring (bicyclic) bond motifs is 11. The number of pyridine rings is 1. The van der Waals surface area contributed by atoms with Gasteiger partial charge in [0.25, 0.3) is 0 Å². The van der Waals surface area contributed by atoms with Crippen LogP contribution in [0, 0.1) is 13.8 Å². The molecule has 1 heteroatoms. The molecule has 0 saturated heterocycles. The fourth-order valence-corrected chi connectivity index (χ4v) is 7.04. The van der Waals surface area contributed by atoms with Gasteiger partial charge >= 0.3 is 0 Å². The maximum Gasteiger partial charge on any atom is 0.0708 e. The Hall–Kier alpha value is -4.49. The monoisotopic (exact) mass is 499 g/mol. The number of nitrogens with zero attached hydrogens (tertiary/aromatic N) is 1. The van der Waals surface area contributed by atoms with Crippen molar-refractivity contribution in [3.05, 3.63) is 126 Å². The van der Waals surface area contributed by atoms with Gasteiger partial charge in [0, 0.05) is 22.6 Å². The van der Waals surface area contributed by atoms with Gasteiger partial charge in [0.2, 0.25) is 0 Å². The standard InChI is InChI=1S/C38H29N/c1-22-9-11-25-21-39-35(20-26(25)17-22)24-12-14-29-32-16-15-31-33-18-23(2)10-13-28(33)27-7-5-6-8-30(27)36(31)37(32)38(3,4)34(29)19-24/h5-21H,1-4H3. The topological polar surface area (TPSA) is 12.9 Å². The first kappa shape index (κ1) is 22.5. The minimum absolute atomic E-state index is 0.145. The molecule has 1 aliphatic carbocycles. The fourth-order valence-electron chi connectivity index (χ4n) is 7.04. The second-order valence-corrected chi connectivity index (χ2v) is 11.8. The van der Waals surface area contributed by atoms with Crippen molar-refractivity contribution >= 4 is 43.1 Å². The Morgan fingerprint density at radius 3 is 2.13 bits per heavy atom. The van der Waals surface area contributed by atoms with Crippen LogP contribution in [0.25, 0.3) is 65.5 Å². The third-order valence-electron chi connectivity index (χ3n) is 8.94. The zero-order chi connectivity index (χ0) is 26.5. The quantitative estimate of drug-likeness (QED) is 0.205. The summed E-state index contributed by atoms with van der Waals surface area (Å²) in [5, 5.41) is 10.5. The molecule has 0 unspecified atom stereocenters. The summed E-state index contributed by atoms with van der Waals surface area (Å²) in [6.07, 6.45) is 2.00. The van der Waals surface area contributed by atoms with Crippen molar-refractivity contribution in [1.29, 1.82) is 0 Å². The van der Waals surface area contributed by atoms with Gasteiger partial charge in [0.05, 0.1) is 5.69 Å². The Balaban J connectivity index is 1.40. The second-order valence-electron chi connectivity index (χ2n) is 11.8. The molecule has 1 aliphatic rings. The Morgan fingerprint density at radius 1 is 0.564 bits per heavy atom. The second kappa shape index (κ2) is 7.77. The van der Waals surface area contributed by atoms with Crippen molar-refractivity contribution in [2.45, 2.75) is 33.1 Å². The lowest BCUT2D eigenvalue weighted by Gasteiger charge is -2.25. The van der Waals surface area contributed by atoms with Gasteiger partial charge in [-0.2, -0.15) is 0 Å². The van der Waals surface area contributed by atoms with Gasteiger partial charge < -0.3 is 0 Å². The molecule has 39 heavy (non-hydrogen) atoms. The van der Waals surface area contributed by atoms with E-state index in [1.807, 2.05) is 6.20 Å². The number of hydrogen-bond acceptors (Lipinski definition) is 1. The molecule has 0 atom stereocenters. The van der Waals surface area contributed by atoms with Gasteiger partial charge in [-0.05, 0) is 85.9 Å². The summed E-state index contributed by atoms with van der Waals surface area (Å²) in [7, 11) is 0. The Bertz CT molecular complexity index is 2160. The third-order valence-corrected chi connectivity index (χ3v) is 8.94. The van der Waals surface area contributed by atoms with E-state index in [-0.39, 0.29) is 5.41 Å². The van der Waals surface area contributed by atoms with Crippen LogP contribution < -0.4 is 0 Å². The Kier molecular flexibility index (Phi) is 4.48. The molecule has 1 heterocycles. The Labute approximate surface area is 228 Å². The van der Waals surface area contributed by atoms with E-state index in [4.69, 9.17) is 4.98 Å². The summed E-state index contributed by atoms with van der Waals surface area (Å²) in [5.41, 5.74) is 10.1. The van der Waals surface area contributed by atoms with Crippen molar-refractivity contribution in [3.63, 3.8) is 0 Å². The molecule has 0 bridgehead atoms. The van der Waals surface area contributed by atoms with E-state index in [0.29, 0.717) is 0 Å². The maximum atomic E-state index is 4.86. The highest BCUT2D eigenvalue weighted by Gasteiger charge is 2.38. The van der Waals surface area contributed by atoms with Gasteiger partial charge in [-0.1, -0.05) is 110 Å². The first-order valence-electron chi connectivity index (χ1n) is 13.8. The van der Waals surface area contributed by atoms with Gasteiger partial charge in [0.1, 0.15) is 0 Å². The summed E-state index contributed by atoms with van der Waals surface area (Å²) < 4.78 is 0. The lowest BCUT2D eigenvalue weighted by Crippen LogP contribution is -2.16. The van der Waals surface area contributed by atoms with Crippen LogP contribution in [0.5, 0.6) is 0 Å². The van der Waals surface area contributed by atoms with Crippen molar-refractivity contribution < 1.29 is 0 Å². The van der Waals surface area contributed by atoms with Crippen LogP contribution in [-0.2, 0) is 5.41 Å². The predicted octanol–water partition coefficient (Wildman–Crippen LogP) is 10.3. The first-order valence-corrected chi connectivity index (χ1v) is 13.8. The Morgan fingerprint density at radius 2 is 1.26 bits per heavy atom. The van der Waals surface area contributed by atoms with Crippen molar-refractivity contribution in [2.75, 3.05) is 0 Å². The smallest absolute Gasteiger partial charge is 0.0708 e. The van der Waals surface area contributed by atoms with E-state index in [1.54, 1.807) is 0 Å². The molecular weight excluding hydrogens is 470 g/mol. The molecule has 1 aromatic heterocycles. The van der Waals surface area contributed by atoms with Gasteiger partial charge in [0.15, 0.2) is 0 Å². The molecule has 0 N–H and O–H groups in total. The first-order chi connectivity index (χ1) is 18.9. The highest BCUT2D eigenvalue weighted by atomic mass is 14.7. The van der Waals surface area contributed by atoms with Gasteiger partial charge in [-0.25, -0.2) is 0 Å². The molecule has 8 rings (SSSR count). The molecule has 0 aliphatic heterocycles. The summed E-state index contributed by atoms with van der Waals surface area (Å²) in [5.74, 6) is 0. The number of aryl methyl sites for hydroxylation is 2. The van der Waals surface area contributed by atoms with Crippen LogP contribution in [0.2, 0.25) is 0 Å².